The highest BCUT2D eigenvalue weighted by atomic mass is 19.4. The second-order valence-corrected chi connectivity index (χ2v) is 8.09. The fourth-order valence-electron chi connectivity index (χ4n) is 4.21. The number of fused-ring (bicyclic) bond motifs is 1. The molecule has 3 aromatic rings. The molecule has 0 bridgehead atoms. The van der Waals surface area contributed by atoms with Crippen LogP contribution in [-0.4, -0.2) is 23.0 Å². The predicted octanol–water partition coefficient (Wildman–Crippen LogP) is 5.62. The molecule has 0 saturated heterocycles. The van der Waals surface area contributed by atoms with Crippen molar-refractivity contribution in [2.45, 2.75) is 57.8 Å². The summed E-state index contributed by atoms with van der Waals surface area (Å²) in [7, 11) is 0. The standard InChI is InChI=1S/C23H24F3N3O2/c1-13-12-31-14(2)21(13)22(30)28-16-9-7-15(8-10-16)27-19-11-20(23(24,25)26)29-18-6-4-3-5-17(18)19/h3-6,11-12,15-16H,7-10H2,1-2H3,(H,27,29)(H,28,30). The maximum absolute atomic E-state index is 13.3. The molecule has 164 valence electrons. The van der Waals surface area contributed by atoms with Crippen molar-refractivity contribution in [1.82, 2.24) is 10.3 Å². The number of rotatable bonds is 4. The number of carbonyl (C=O) groups is 1. The number of carbonyl (C=O) groups excluding carboxylic acids is 1. The largest absolute Gasteiger partial charge is 0.469 e. The van der Waals surface area contributed by atoms with Crippen LogP contribution in [0.5, 0.6) is 0 Å². The van der Waals surface area contributed by atoms with E-state index in [1.54, 1.807) is 37.5 Å². The van der Waals surface area contributed by atoms with E-state index in [1.807, 2.05) is 6.92 Å². The van der Waals surface area contributed by atoms with Gasteiger partial charge in [0.25, 0.3) is 5.91 Å². The summed E-state index contributed by atoms with van der Waals surface area (Å²) in [5, 5.41) is 7.01. The maximum Gasteiger partial charge on any atom is 0.433 e. The molecule has 8 heteroatoms. The van der Waals surface area contributed by atoms with Gasteiger partial charge >= 0.3 is 6.18 Å². The highest BCUT2D eigenvalue weighted by Crippen LogP contribution is 2.34. The number of alkyl halides is 3. The molecular formula is C23H24F3N3O2. The number of amides is 1. The Morgan fingerprint density at radius 3 is 2.42 bits per heavy atom. The van der Waals surface area contributed by atoms with E-state index in [0.29, 0.717) is 27.9 Å². The van der Waals surface area contributed by atoms with Crippen LogP contribution in [0.1, 0.15) is 53.1 Å². The molecule has 1 amide bonds. The Hall–Kier alpha value is -3.03. The highest BCUT2D eigenvalue weighted by molar-refractivity contribution is 5.96. The molecular weight excluding hydrogens is 407 g/mol. The summed E-state index contributed by atoms with van der Waals surface area (Å²) in [5.74, 6) is 0.450. The minimum atomic E-state index is -4.51. The number of aryl methyl sites for hydroxylation is 2. The van der Waals surface area contributed by atoms with E-state index in [1.165, 1.54) is 0 Å². The van der Waals surface area contributed by atoms with Crippen LogP contribution in [0.4, 0.5) is 18.9 Å². The van der Waals surface area contributed by atoms with E-state index in [9.17, 15) is 18.0 Å². The number of nitrogens with one attached hydrogen (secondary N) is 2. The Kier molecular flexibility index (Phi) is 5.64. The number of anilines is 1. The Morgan fingerprint density at radius 1 is 1.10 bits per heavy atom. The lowest BCUT2D eigenvalue weighted by molar-refractivity contribution is -0.140. The number of halogens is 3. The minimum absolute atomic E-state index is 0.0254. The SMILES string of the molecule is Cc1coc(C)c1C(=O)NC1CCC(Nc2cc(C(F)(F)F)nc3ccccc23)CC1. The molecule has 1 saturated carbocycles. The molecule has 2 aromatic heterocycles. The van der Waals surface area contributed by atoms with Crippen LogP contribution in [0.3, 0.4) is 0 Å². The molecule has 5 nitrogen and oxygen atoms in total. The summed E-state index contributed by atoms with van der Waals surface area (Å²) in [5.41, 5.74) is 1.22. The second-order valence-electron chi connectivity index (χ2n) is 8.09. The number of aromatic nitrogens is 1. The Labute approximate surface area is 178 Å². The summed E-state index contributed by atoms with van der Waals surface area (Å²) < 4.78 is 45.2. The van der Waals surface area contributed by atoms with Crippen LogP contribution >= 0.6 is 0 Å². The third kappa shape index (κ3) is 4.52. The Morgan fingerprint density at radius 2 is 1.77 bits per heavy atom. The van der Waals surface area contributed by atoms with Gasteiger partial charge in [0, 0.05) is 28.7 Å². The average Bonchev–Trinajstić information content (AvgIpc) is 3.07. The topological polar surface area (TPSA) is 67.2 Å². The molecule has 0 unspecified atom stereocenters. The first kappa shape index (κ1) is 21.2. The molecule has 1 aliphatic rings. The smallest absolute Gasteiger partial charge is 0.433 e. The van der Waals surface area contributed by atoms with E-state index in [2.05, 4.69) is 15.6 Å². The fraction of sp³-hybridized carbons (Fsp3) is 0.391. The molecule has 2 heterocycles. The monoisotopic (exact) mass is 431 g/mol. The van der Waals surface area contributed by atoms with Crippen LogP contribution in [0.2, 0.25) is 0 Å². The van der Waals surface area contributed by atoms with Crippen molar-refractivity contribution in [2.24, 2.45) is 0 Å². The van der Waals surface area contributed by atoms with Crippen molar-refractivity contribution < 1.29 is 22.4 Å². The lowest BCUT2D eigenvalue weighted by atomic mass is 9.90. The molecule has 0 radical (unpaired) electrons. The normalized spacial score (nSPS) is 19.4. The molecule has 1 fully saturated rings. The van der Waals surface area contributed by atoms with Crippen molar-refractivity contribution in [2.75, 3.05) is 5.32 Å². The van der Waals surface area contributed by atoms with Gasteiger partial charge in [0.05, 0.1) is 17.3 Å². The van der Waals surface area contributed by atoms with E-state index < -0.39 is 11.9 Å². The quantitative estimate of drug-likeness (QED) is 0.563. The molecule has 2 N–H and O–H groups in total. The number of nitrogens with zero attached hydrogens (tertiary/aromatic N) is 1. The summed E-state index contributed by atoms with van der Waals surface area (Å²) in [6.07, 6.45) is 0.0344. The molecule has 0 spiro atoms. The van der Waals surface area contributed by atoms with Gasteiger partial charge in [-0.2, -0.15) is 13.2 Å². The molecule has 0 atom stereocenters. The Bertz CT molecular complexity index is 1080. The zero-order chi connectivity index (χ0) is 22.2. The highest BCUT2D eigenvalue weighted by Gasteiger charge is 2.34. The van der Waals surface area contributed by atoms with Crippen LogP contribution < -0.4 is 10.6 Å². The van der Waals surface area contributed by atoms with Crippen molar-refractivity contribution in [3.63, 3.8) is 0 Å². The van der Waals surface area contributed by atoms with Gasteiger partial charge in [0.1, 0.15) is 11.5 Å². The molecule has 1 aliphatic carbocycles. The van der Waals surface area contributed by atoms with Gasteiger partial charge < -0.3 is 15.1 Å². The van der Waals surface area contributed by atoms with Crippen LogP contribution in [0.15, 0.2) is 41.0 Å². The molecule has 31 heavy (non-hydrogen) atoms. The Balaban J connectivity index is 1.43. The zero-order valence-electron chi connectivity index (χ0n) is 17.3. The van der Waals surface area contributed by atoms with Gasteiger partial charge in [-0.25, -0.2) is 4.98 Å². The lowest BCUT2D eigenvalue weighted by Crippen LogP contribution is -2.40. The van der Waals surface area contributed by atoms with Crippen molar-refractivity contribution in [1.29, 1.82) is 0 Å². The van der Waals surface area contributed by atoms with E-state index in [-0.39, 0.29) is 18.0 Å². The number of para-hydroxylation sites is 1. The first-order valence-corrected chi connectivity index (χ1v) is 10.3. The summed E-state index contributed by atoms with van der Waals surface area (Å²) in [6.45, 7) is 3.59. The van der Waals surface area contributed by atoms with E-state index >= 15 is 0 Å². The predicted molar refractivity (Wildman–Crippen MR) is 112 cm³/mol. The third-order valence-electron chi connectivity index (χ3n) is 5.81. The van der Waals surface area contributed by atoms with Crippen LogP contribution in [0, 0.1) is 13.8 Å². The van der Waals surface area contributed by atoms with Gasteiger partial charge in [-0.3, -0.25) is 4.79 Å². The number of hydrogen-bond donors (Lipinski definition) is 2. The average molecular weight is 431 g/mol. The van der Waals surface area contributed by atoms with Crippen molar-refractivity contribution in [3.8, 4) is 0 Å². The maximum atomic E-state index is 13.3. The van der Waals surface area contributed by atoms with Crippen molar-refractivity contribution in [3.05, 3.63) is 59.2 Å². The minimum Gasteiger partial charge on any atom is -0.469 e. The summed E-state index contributed by atoms with van der Waals surface area (Å²) >= 11 is 0. The summed E-state index contributed by atoms with van der Waals surface area (Å²) in [6, 6.07) is 7.96. The summed E-state index contributed by atoms with van der Waals surface area (Å²) in [4.78, 5) is 16.3. The zero-order valence-corrected chi connectivity index (χ0v) is 17.3. The number of benzene rings is 1. The number of hydrogen-bond acceptors (Lipinski definition) is 4. The van der Waals surface area contributed by atoms with Crippen molar-refractivity contribution >= 4 is 22.5 Å². The van der Waals surface area contributed by atoms with Gasteiger partial charge in [-0.15, -0.1) is 0 Å². The second kappa shape index (κ2) is 8.24. The van der Waals surface area contributed by atoms with E-state index in [4.69, 9.17) is 4.42 Å². The first-order valence-electron chi connectivity index (χ1n) is 10.3. The van der Waals surface area contributed by atoms with Gasteiger partial charge in [-0.1, -0.05) is 18.2 Å². The van der Waals surface area contributed by atoms with Gasteiger partial charge in [-0.05, 0) is 51.7 Å². The number of pyridine rings is 1. The van der Waals surface area contributed by atoms with Gasteiger partial charge in [0.2, 0.25) is 0 Å². The first-order chi connectivity index (χ1) is 14.7. The fourth-order valence-corrected chi connectivity index (χ4v) is 4.21. The van der Waals surface area contributed by atoms with E-state index in [0.717, 1.165) is 37.3 Å². The molecule has 0 aliphatic heterocycles. The van der Waals surface area contributed by atoms with Gasteiger partial charge in [0.15, 0.2) is 0 Å². The van der Waals surface area contributed by atoms with Crippen LogP contribution in [0.25, 0.3) is 10.9 Å². The molecule has 1 aromatic carbocycles. The number of furan rings is 1. The lowest BCUT2D eigenvalue weighted by Gasteiger charge is -2.30. The van der Waals surface area contributed by atoms with Crippen LogP contribution in [-0.2, 0) is 6.18 Å². The third-order valence-corrected chi connectivity index (χ3v) is 5.81. The molecule has 4 rings (SSSR count).